The van der Waals surface area contributed by atoms with Gasteiger partial charge in [0.25, 0.3) is 0 Å². The van der Waals surface area contributed by atoms with Crippen molar-refractivity contribution in [2.45, 2.75) is 40.0 Å². The van der Waals surface area contributed by atoms with Gasteiger partial charge in [-0.15, -0.1) is 0 Å². The molecule has 0 aliphatic heterocycles. The van der Waals surface area contributed by atoms with Gasteiger partial charge in [0, 0.05) is 34.9 Å². The van der Waals surface area contributed by atoms with E-state index in [0.29, 0.717) is 5.82 Å². The van der Waals surface area contributed by atoms with Crippen LogP contribution in [-0.2, 0) is 5.41 Å². The lowest BCUT2D eigenvalue weighted by Gasteiger charge is -2.20. The van der Waals surface area contributed by atoms with Crippen molar-refractivity contribution in [2.24, 2.45) is 0 Å². The molecule has 0 bridgehead atoms. The Morgan fingerprint density at radius 3 is 2.42 bits per heavy atom. The molecule has 158 valence electrons. The molecular formula is C26H29N5. The lowest BCUT2D eigenvalue weighted by molar-refractivity contribution is 0.590. The summed E-state index contributed by atoms with van der Waals surface area (Å²) in [4.78, 5) is 8.97. The molecule has 0 unspecified atom stereocenters. The lowest BCUT2D eigenvalue weighted by Crippen LogP contribution is -2.10. The number of rotatable bonds is 4. The molecule has 0 aliphatic carbocycles. The fraction of sp³-hybridized carbons (Fsp3) is 0.231. The summed E-state index contributed by atoms with van der Waals surface area (Å²) in [5, 5.41) is 3.44. The average molecular weight is 412 g/mol. The van der Waals surface area contributed by atoms with Gasteiger partial charge < -0.3 is 11.1 Å². The molecule has 0 atom stereocenters. The summed E-state index contributed by atoms with van der Waals surface area (Å²) in [5.74, 6) is 1.36. The highest BCUT2D eigenvalue weighted by Gasteiger charge is 2.16. The Hall–Kier alpha value is -3.60. The van der Waals surface area contributed by atoms with Crippen LogP contribution in [0.15, 0.2) is 61.4 Å². The minimum Gasteiger partial charge on any atom is -0.382 e. The van der Waals surface area contributed by atoms with Gasteiger partial charge in [0.1, 0.15) is 22.9 Å². The first-order valence-electron chi connectivity index (χ1n) is 10.4. The number of nitrogen functional groups attached to an aromatic ring is 1. The summed E-state index contributed by atoms with van der Waals surface area (Å²) in [6.07, 6.45) is 3.58. The molecule has 0 saturated heterocycles. The standard InChI is InChI=1S/C26H29N5/c1-16-15-19(23-24-25(27)28-13-14-31(24)18(3)30-23)7-12-22(16)17(2)29-21-10-8-20(9-11-21)26(4,5)6/h7-15,29H,2H2,1,3-6H3,(H2,27,28). The summed E-state index contributed by atoms with van der Waals surface area (Å²) >= 11 is 0. The SMILES string of the molecule is C=C(Nc1ccc(C(C)(C)C)cc1)c1ccc(-c2nc(C)n3ccnc(N)c23)cc1C. The fourth-order valence-corrected chi connectivity index (χ4v) is 3.86. The van der Waals surface area contributed by atoms with Crippen molar-refractivity contribution in [3.8, 4) is 11.3 Å². The number of nitrogens with one attached hydrogen (secondary N) is 1. The van der Waals surface area contributed by atoms with Crippen LogP contribution in [0.2, 0.25) is 0 Å². The average Bonchev–Trinajstić information content (AvgIpc) is 3.05. The third-order valence-electron chi connectivity index (χ3n) is 5.63. The number of hydrogen-bond acceptors (Lipinski definition) is 4. The van der Waals surface area contributed by atoms with Crippen LogP contribution in [-0.4, -0.2) is 14.4 Å². The third kappa shape index (κ3) is 3.91. The highest BCUT2D eigenvalue weighted by Crippen LogP contribution is 2.31. The molecule has 2 aromatic heterocycles. The third-order valence-corrected chi connectivity index (χ3v) is 5.63. The Kier molecular flexibility index (Phi) is 5.05. The van der Waals surface area contributed by atoms with Gasteiger partial charge in [0.15, 0.2) is 0 Å². The number of nitrogens with zero attached hydrogens (tertiary/aromatic N) is 3. The van der Waals surface area contributed by atoms with Gasteiger partial charge in [-0.1, -0.05) is 51.6 Å². The van der Waals surface area contributed by atoms with Crippen LogP contribution in [0.25, 0.3) is 22.5 Å². The molecule has 0 saturated carbocycles. The van der Waals surface area contributed by atoms with Gasteiger partial charge in [-0.05, 0) is 48.6 Å². The normalized spacial score (nSPS) is 11.6. The van der Waals surface area contributed by atoms with Crippen molar-refractivity contribution < 1.29 is 0 Å². The first-order valence-corrected chi connectivity index (χ1v) is 10.4. The minimum absolute atomic E-state index is 0.135. The largest absolute Gasteiger partial charge is 0.382 e. The second-order valence-corrected chi connectivity index (χ2v) is 9.00. The number of hydrogen-bond donors (Lipinski definition) is 2. The van der Waals surface area contributed by atoms with Gasteiger partial charge >= 0.3 is 0 Å². The second kappa shape index (κ2) is 7.58. The van der Waals surface area contributed by atoms with E-state index in [9.17, 15) is 0 Å². The van der Waals surface area contributed by atoms with Crippen LogP contribution < -0.4 is 11.1 Å². The fourth-order valence-electron chi connectivity index (χ4n) is 3.86. The van der Waals surface area contributed by atoms with Crippen molar-refractivity contribution in [3.63, 3.8) is 0 Å². The quantitative estimate of drug-likeness (QED) is 0.434. The number of imidazole rings is 1. The summed E-state index contributed by atoms with van der Waals surface area (Å²) in [6, 6.07) is 14.8. The predicted molar refractivity (Wildman–Crippen MR) is 130 cm³/mol. The van der Waals surface area contributed by atoms with E-state index >= 15 is 0 Å². The molecule has 4 rings (SSSR count). The molecule has 0 amide bonds. The zero-order chi connectivity index (χ0) is 22.3. The molecule has 2 aromatic carbocycles. The predicted octanol–water partition coefficient (Wildman–Crippen LogP) is 5.98. The number of anilines is 2. The molecule has 3 N–H and O–H groups in total. The van der Waals surface area contributed by atoms with Crippen LogP contribution in [0.1, 0.15) is 43.3 Å². The molecule has 31 heavy (non-hydrogen) atoms. The number of nitrogens with two attached hydrogens (primary N) is 1. The first-order chi connectivity index (χ1) is 14.6. The summed E-state index contributed by atoms with van der Waals surface area (Å²) in [7, 11) is 0. The minimum atomic E-state index is 0.135. The first kappa shape index (κ1) is 20.7. The number of fused-ring (bicyclic) bond motifs is 1. The van der Waals surface area contributed by atoms with Crippen molar-refractivity contribution in [1.29, 1.82) is 0 Å². The van der Waals surface area contributed by atoms with Crippen LogP contribution in [0.5, 0.6) is 0 Å². The van der Waals surface area contributed by atoms with Crippen molar-refractivity contribution in [1.82, 2.24) is 14.4 Å². The maximum absolute atomic E-state index is 6.15. The van der Waals surface area contributed by atoms with Gasteiger partial charge in [0.05, 0.1) is 0 Å². The Balaban J connectivity index is 1.62. The van der Waals surface area contributed by atoms with E-state index in [0.717, 1.165) is 45.1 Å². The van der Waals surface area contributed by atoms with Gasteiger partial charge in [-0.25, -0.2) is 9.97 Å². The van der Waals surface area contributed by atoms with Crippen LogP contribution in [0.3, 0.4) is 0 Å². The zero-order valence-electron chi connectivity index (χ0n) is 18.8. The van der Waals surface area contributed by atoms with Crippen molar-refractivity contribution >= 4 is 22.7 Å². The van der Waals surface area contributed by atoms with Crippen LogP contribution >= 0.6 is 0 Å². The van der Waals surface area contributed by atoms with E-state index in [1.807, 2.05) is 17.5 Å². The molecule has 5 heteroatoms. The zero-order valence-corrected chi connectivity index (χ0v) is 18.8. The lowest BCUT2D eigenvalue weighted by atomic mass is 9.87. The Labute approximate surface area is 183 Å². The highest BCUT2D eigenvalue weighted by atomic mass is 15.1. The molecule has 0 fully saturated rings. The van der Waals surface area contributed by atoms with E-state index in [4.69, 9.17) is 10.7 Å². The summed E-state index contributed by atoms with van der Waals surface area (Å²) < 4.78 is 1.97. The van der Waals surface area contributed by atoms with Crippen LogP contribution in [0, 0.1) is 13.8 Å². The van der Waals surface area contributed by atoms with Gasteiger partial charge in [-0.2, -0.15) is 0 Å². The smallest absolute Gasteiger partial charge is 0.150 e. The number of aryl methyl sites for hydroxylation is 2. The second-order valence-electron chi connectivity index (χ2n) is 9.00. The summed E-state index contributed by atoms with van der Waals surface area (Å²) in [6.45, 7) is 15.0. The van der Waals surface area contributed by atoms with E-state index < -0.39 is 0 Å². The monoisotopic (exact) mass is 411 g/mol. The molecule has 2 heterocycles. The molecule has 0 radical (unpaired) electrons. The maximum Gasteiger partial charge on any atom is 0.150 e. The molecule has 4 aromatic rings. The van der Waals surface area contributed by atoms with Crippen LogP contribution in [0.4, 0.5) is 11.5 Å². The number of aromatic nitrogens is 3. The van der Waals surface area contributed by atoms with E-state index in [1.165, 1.54) is 5.56 Å². The molecule has 0 spiro atoms. The molecule has 5 nitrogen and oxygen atoms in total. The summed E-state index contributed by atoms with van der Waals surface area (Å²) in [5.41, 5.74) is 14.3. The molecule has 0 aliphatic rings. The highest BCUT2D eigenvalue weighted by molar-refractivity contribution is 5.87. The van der Waals surface area contributed by atoms with Gasteiger partial charge in [-0.3, -0.25) is 4.40 Å². The van der Waals surface area contributed by atoms with E-state index in [-0.39, 0.29) is 5.41 Å². The van der Waals surface area contributed by atoms with Crippen molar-refractivity contribution in [3.05, 3.63) is 84.0 Å². The Bertz CT molecular complexity index is 1270. The van der Waals surface area contributed by atoms with Crippen molar-refractivity contribution in [2.75, 3.05) is 11.1 Å². The topological polar surface area (TPSA) is 68.2 Å². The van der Waals surface area contributed by atoms with E-state index in [2.05, 4.69) is 87.0 Å². The number of benzene rings is 2. The Morgan fingerprint density at radius 1 is 1.06 bits per heavy atom. The van der Waals surface area contributed by atoms with E-state index in [1.54, 1.807) is 6.20 Å². The molecular weight excluding hydrogens is 382 g/mol. The Morgan fingerprint density at radius 2 is 1.77 bits per heavy atom. The van der Waals surface area contributed by atoms with Gasteiger partial charge in [0.2, 0.25) is 0 Å². The maximum atomic E-state index is 6.15.